The van der Waals surface area contributed by atoms with Crippen molar-refractivity contribution in [1.82, 2.24) is 10.9 Å². The first-order valence-corrected chi connectivity index (χ1v) is 8.09. The fraction of sp³-hybridized carbons (Fsp3) is 0.200. The lowest BCUT2D eigenvalue weighted by Gasteiger charge is -2.11. The summed E-state index contributed by atoms with van der Waals surface area (Å²) in [4.78, 5) is 23.5. The quantitative estimate of drug-likeness (QED) is 0.617. The molecular weight excluding hydrogens is 332 g/mol. The number of methoxy groups -OCH3 is 1. The molecule has 0 aliphatic heterocycles. The summed E-state index contributed by atoms with van der Waals surface area (Å²) in [6.45, 7) is 3.71. The molecule has 136 valence electrons. The Morgan fingerprint density at radius 1 is 1.04 bits per heavy atom. The Hall–Kier alpha value is -3.28. The van der Waals surface area contributed by atoms with Crippen molar-refractivity contribution in [2.45, 2.75) is 13.8 Å². The Morgan fingerprint density at radius 3 is 2.46 bits per heavy atom. The van der Waals surface area contributed by atoms with Gasteiger partial charge in [0, 0.05) is 6.08 Å². The number of amides is 2. The van der Waals surface area contributed by atoms with Crippen LogP contribution in [0.3, 0.4) is 0 Å². The molecule has 6 nitrogen and oxygen atoms in total. The molecule has 2 aromatic carbocycles. The minimum Gasteiger partial charge on any atom is -0.497 e. The average molecular weight is 354 g/mol. The summed E-state index contributed by atoms with van der Waals surface area (Å²) in [5, 5.41) is 0. The summed E-state index contributed by atoms with van der Waals surface area (Å²) in [7, 11) is 1.59. The number of ether oxygens (including phenoxy) is 2. The van der Waals surface area contributed by atoms with Crippen molar-refractivity contribution in [3.8, 4) is 11.5 Å². The number of aryl methyl sites for hydroxylation is 1. The van der Waals surface area contributed by atoms with E-state index in [-0.39, 0.29) is 6.61 Å². The van der Waals surface area contributed by atoms with E-state index in [0.29, 0.717) is 5.75 Å². The normalized spacial score (nSPS) is 10.4. The van der Waals surface area contributed by atoms with E-state index in [1.165, 1.54) is 6.08 Å². The molecule has 0 saturated heterocycles. The fourth-order valence-corrected chi connectivity index (χ4v) is 2.12. The van der Waals surface area contributed by atoms with Crippen LogP contribution in [0.1, 0.15) is 16.7 Å². The summed E-state index contributed by atoms with van der Waals surface area (Å²) in [5.74, 6) is 0.492. The maximum atomic E-state index is 11.8. The largest absolute Gasteiger partial charge is 0.497 e. The molecule has 0 aliphatic rings. The highest BCUT2D eigenvalue weighted by Crippen LogP contribution is 2.20. The topological polar surface area (TPSA) is 76.7 Å². The van der Waals surface area contributed by atoms with Crippen LogP contribution in [0.15, 0.2) is 48.5 Å². The summed E-state index contributed by atoms with van der Waals surface area (Å²) in [6, 6.07) is 12.9. The van der Waals surface area contributed by atoms with Crippen molar-refractivity contribution >= 4 is 17.9 Å². The van der Waals surface area contributed by atoms with Crippen LogP contribution in [-0.2, 0) is 9.59 Å². The maximum Gasteiger partial charge on any atom is 0.276 e. The maximum absolute atomic E-state index is 11.8. The van der Waals surface area contributed by atoms with Gasteiger partial charge in [0.1, 0.15) is 11.5 Å². The number of rotatable bonds is 6. The second-order valence-electron chi connectivity index (χ2n) is 5.63. The van der Waals surface area contributed by atoms with Gasteiger partial charge in [-0.2, -0.15) is 0 Å². The lowest BCUT2D eigenvalue weighted by atomic mass is 10.1. The van der Waals surface area contributed by atoms with Gasteiger partial charge >= 0.3 is 0 Å². The molecule has 0 spiro atoms. The van der Waals surface area contributed by atoms with Gasteiger partial charge in [-0.3, -0.25) is 20.4 Å². The van der Waals surface area contributed by atoms with Crippen molar-refractivity contribution in [2.24, 2.45) is 0 Å². The molecule has 26 heavy (non-hydrogen) atoms. The molecule has 0 unspecified atom stereocenters. The van der Waals surface area contributed by atoms with Crippen molar-refractivity contribution in [2.75, 3.05) is 13.7 Å². The summed E-state index contributed by atoms with van der Waals surface area (Å²) >= 11 is 0. The van der Waals surface area contributed by atoms with Gasteiger partial charge in [-0.1, -0.05) is 24.3 Å². The van der Waals surface area contributed by atoms with E-state index < -0.39 is 11.8 Å². The Bertz CT molecular complexity index is 798. The van der Waals surface area contributed by atoms with E-state index in [2.05, 4.69) is 10.9 Å². The summed E-state index contributed by atoms with van der Waals surface area (Å²) in [6.07, 6.45) is 2.96. The fourth-order valence-electron chi connectivity index (χ4n) is 2.12. The molecule has 0 radical (unpaired) electrons. The molecule has 6 heteroatoms. The van der Waals surface area contributed by atoms with E-state index >= 15 is 0 Å². The van der Waals surface area contributed by atoms with Gasteiger partial charge in [0.2, 0.25) is 0 Å². The highest BCUT2D eigenvalue weighted by atomic mass is 16.5. The molecule has 0 saturated carbocycles. The van der Waals surface area contributed by atoms with Crippen LogP contribution in [0.2, 0.25) is 0 Å². The predicted molar refractivity (Wildman–Crippen MR) is 99.7 cm³/mol. The Kier molecular flexibility index (Phi) is 6.79. The minimum atomic E-state index is -0.447. The van der Waals surface area contributed by atoms with E-state index in [1.54, 1.807) is 31.4 Å². The molecule has 0 atom stereocenters. The van der Waals surface area contributed by atoms with Crippen LogP contribution >= 0.6 is 0 Å². The van der Waals surface area contributed by atoms with Crippen LogP contribution < -0.4 is 20.3 Å². The van der Waals surface area contributed by atoms with Crippen LogP contribution in [0.25, 0.3) is 6.08 Å². The number of hydrazine groups is 1. The monoisotopic (exact) mass is 354 g/mol. The SMILES string of the molecule is COc1ccc(/C=C/C(=O)NNC(=O)COc2cccc(C)c2C)cc1. The minimum absolute atomic E-state index is 0.188. The highest BCUT2D eigenvalue weighted by Gasteiger charge is 2.06. The van der Waals surface area contributed by atoms with Crippen LogP contribution in [0, 0.1) is 13.8 Å². The number of hydrogen-bond donors (Lipinski definition) is 2. The number of carbonyl (C=O) groups is 2. The van der Waals surface area contributed by atoms with Gasteiger partial charge in [0.05, 0.1) is 7.11 Å². The van der Waals surface area contributed by atoms with Gasteiger partial charge in [0.15, 0.2) is 6.61 Å². The first-order chi connectivity index (χ1) is 12.5. The van der Waals surface area contributed by atoms with Crippen molar-refractivity contribution in [3.63, 3.8) is 0 Å². The molecule has 0 aromatic heterocycles. The molecule has 0 bridgehead atoms. The molecule has 0 aliphatic carbocycles. The van der Waals surface area contributed by atoms with Crippen molar-refractivity contribution in [3.05, 3.63) is 65.2 Å². The molecule has 2 amide bonds. The molecule has 0 heterocycles. The van der Waals surface area contributed by atoms with Crippen LogP contribution in [0.5, 0.6) is 11.5 Å². The van der Waals surface area contributed by atoms with Gasteiger partial charge in [-0.15, -0.1) is 0 Å². The zero-order chi connectivity index (χ0) is 18.9. The zero-order valence-electron chi connectivity index (χ0n) is 15.0. The molecule has 0 fully saturated rings. The van der Waals surface area contributed by atoms with Crippen molar-refractivity contribution in [1.29, 1.82) is 0 Å². The van der Waals surface area contributed by atoms with Gasteiger partial charge in [0.25, 0.3) is 11.8 Å². The second kappa shape index (κ2) is 9.27. The average Bonchev–Trinajstić information content (AvgIpc) is 2.66. The second-order valence-corrected chi connectivity index (χ2v) is 5.63. The van der Waals surface area contributed by atoms with Gasteiger partial charge in [-0.25, -0.2) is 0 Å². The van der Waals surface area contributed by atoms with Gasteiger partial charge < -0.3 is 9.47 Å². The lowest BCUT2D eigenvalue weighted by molar-refractivity contribution is -0.128. The smallest absolute Gasteiger partial charge is 0.276 e. The third-order valence-corrected chi connectivity index (χ3v) is 3.78. The predicted octanol–water partition coefficient (Wildman–Crippen LogP) is 2.55. The Labute approximate surface area is 152 Å². The first kappa shape index (κ1) is 19.1. The molecule has 2 N–H and O–H groups in total. The van der Waals surface area contributed by atoms with Gasteiger partial charge in [-0.05, 0) is 54.8 Å². The Balaban J connectivity index is 1.76. The van der Waals surface area contributed by atoms with E-state index in [1.807, 2.05) is 38.1 Å². The molecule has 2 aromatic rings. The summed E-state index contributed by atoms with van der Waals surface area (Å²) in [5.41, 5.74) is 7.51. The van der Waals surface area contributed by atoms with E-state index in [4.69, 9.17) is 9.47 Å². The van der Waals surface area contributed by atoms with Crippen LogP contribution in [0.4, 0.5) is 0 Å². The van der Waals surface area contributed by atoms with E-state index in [9.17, 15) is 9.59 Å². The summed E-state index contributed by atoms with van der Waals surface area (Å²) < 4.78 is 10.5. The third kappa shape index (κ3) is 5.66. The van der Waals surface area contributed by atoms with E-state index in [0.717, 1.165) is 22.4 Å². The standard InChI is InChI=1S/C20H22N2O4/c1-14-5-4-6-18(15(14)2)26-13-20(24)22-21-19(23)12-9-16-7-10-17(25-3)11-8-16/h4-12H,13H2,1-3H3,(H,21,23)(H,22,24)/b12-9+. The number of hydrogen-bond acceptors (Lipinski definition) is 4. The lowest BCUT2D eigenvalue weighted by Crippen LogP contribution is -2.43. The van der Waals surface area contributed by atoms with Crippen LogP contribution in [-0.4, -0.2) is 25.5 Å². The number of carbonyl (C=O) groups excluding carboxylic acids is 2. The molecule has 2 rings (SSSR count). The number of benzene rings is 2. The molecular formula is C20H22N2O4. The highest BCUT2D eigenvalue weighted by molar-refractivity contribution is 5.93. The zero-order valence-corrected chi connectivity index (χ0v) is 15.0. The Morgan fingerprint density at radius 2 is 1.77 bits per heavy atom. The van der Waals surface area contributed by atoms with Crippen molar-refractivity contribution < 1.29 is 19.1 Å². The first-order valence-electron chi connectivity index (χ1n) is 8.09. The number of nitrogens with one attached hydrogen (secondary N) is 2. The third-order valence-electron chi connectivity index (χ3n) is 3.78.